The minimum absolute atomic E-state index is 0.385. The van der Waals surface area contributed by atoms with Crippen LogP contribution in [0.2, 0.25) is 0 Å². The van der Waals surface area contributed by atoms with Gasteiger partial charge >= 0.3 is 6.03 Å². The van der Waals surface area contributed by atoms with Crippen molar-refractivity contribution in [2.75, 3.05) is 25.1 Å². The lowest BCUT2D eigenvalue weighted by Gasteiger charge is -2.30. The molecule has 7 nitrogen and oxygen atoms in total. The van der Waals surface area contributed by atoms with Crippen LogP contribution >= 0.6 is 0 Å². The summed E-state index contributed by atoms with van der Waals surface area (Å²) in [6, 6.07) is 3.38. The number of nitrogens with one attached hydrogen (secondary N) is 2. The van der Waals surface area contributed by atoms with E-state index in [1.54, 1.807) is 6.92 Å². The van der Waals surface area contributed by atoms with Gasteiger partial charge < -0.3 is 15.4 Å². The monoisotopic (exact) mass is 335 g/mol. The maximum Gasteiger partial charge on any atom is 0.325 e. The fourth-order valence-corrected chi connectivity index (χ4v) is 2.98. The van der Waals surface area contributed by atoms with E-state index in [4.69, 9.17) is 4.74 Å². The van der Waals surface area contributed by atoms with Gasteiger partial charge in [-0.05, 0) is 30.7 Å². The molecule has 2 aliphatic heterocycles. The zero-order valence-electron chi connectivity index (χ0n) is 13.2. The van der Waals surface area contributed by atoms with Crippen LogP contribution in [0.4, 0.5) is 14.9 Å². The van der Waals surface area contributed by atoms with Crippen LogP contribution in [0, 0.1) is 12.7 Å². The first-order valence-corrected chi connectivity index (χ1v) is 7.69. The Bertz CT molecular complexity index is 701. The van der Waals surface area contributed by atoms with Gasteiger partial charge in [0.05, 0.1) is 0 Å². The molecule has 1 aromatic rings. The second kappa shape index (κ2) is 6.20. The lowest BCUT2D eigenvalue weighted by molar-refractivity contribution is -0.136. The number of anilines is 1. The zero-order valence-corrected chi connectivity index (χ0v) is 13.2. The van der Waals surface area contributed by atoms with E-state index in [1.165, 1.54) is 18.2 Å². The van der Waals surface area contributed by atoms with Crippen molar-refractivity contribution in [1.82, 2.24) is 10.2 Å². The normalized spacial score (nSPS) is 19.5. The van der Waals surface area contributed by atoms with E-state index < -0.39 is 29.2 Å². The molecule has 4 amide bonds. The Kier molecular flexibility index (Phi) is 4.23. The number of ether oxygens (including phenoxy) is 1. The molecule has 24 heavy (non-hydrogen) atoms. The molecule has 3 rings (SSSR count). The second-order valence-corrected chi connectivity index (χ2v) is 6.02. The predicted octanol–water partition coefficient (Wildman–Crippen LogP) is 1.17. The van der Waals surface area contributed by atoms with Gasteiger partial charge in [-0.15, -0.1) is 0 Å². The van der Waals surface area contributed by atoms with Gasteiger partial charge in [-0.3, -0.25) is 14.5 Å². The number of carbonyl (C=O) groups excluding carboxylic acids is 3. The summed E-state index contributed by atoms with van der Waals surface area (Å²) in [6.45, 7) is 2.05. The van der Waals surface area contributed by atoms with Crippen LogP contribution in [0.25, 0.3) is 0 Å². The van der Waals surface area contributed by atoms with Crippen LogP contribution in [0.3, 0.4) is 0 Å². The maximum absolute atomic E-state index is 13.1. The van der Waals surface area contributed by atoms with E-state index in [9.17, 15) is 18.8 Å². The molecule has 0 radical (unpaired) electrons. The molecule has 0 unspecified atom stereocenters. The molecular weight excluding hydrogens is 317 g/mol. The van der Waals surface area contributed by atoms with Crippen molar-refractivity contribution in [3.05, 3.63) is 29.6 Å². The molecule has 2 saturated heterocycles. The standard InChI is InChI=1S/C16H18FN3O4/c1-10-8-11(17)2-3-12(10)18-13(21)9-20-14(22)16(19-15(20)23)4-6-24-7-5-16/h2-3,8H,4-7,9H2,1H3,(H,18,21)(H,19,23). The highest BCUT2D eigenvalue weighted by Crippen LogP contribution is 2.28. The topological polar surface area (TPSA) is 87.7 Å². The van der Waals surface area contributed by atoms with Gasteiger partial charge in [0.15, 0.2) is 0 Å². The van der Waals surface area contributed by atoms with Crippen molar-refractivity contribution in [3.63, 3.8) is 0 Å². The van der Waals surface area contributed by atoms with Crippen molar-refractivity contribution in [3.8, 4) is 0 Å². The van der Waals surface area contributed by atoms with Gasteiger partial charge in [-0.2, -0.15) is 0 Å². The molecule has 2 N–H and O–H groups in total. The smallest absolute Gasteiger partial charge is 0.325 e. The number of hydrogen-bond acceptors (Lipinski definition) is 4. The Morgan fingerprint density at radius 3 is 2.75 bits per heavy atom. The van der Waals surface area contributed by atoms with Crippen LogP contribution in [0.15, 0.2) is 18.2 Å². The first kappa shape index (κ1) is 16.4. The van der Waals surface area contributed by atoms with E-state index in [-0.39, 0.29) is 6.54 Å². The number of amides is 4. The number of carbonyl (C=O) groups is 3. The molecule has 0 atom stereocenters. The molecule has 2 fully saturated rings. The largest absolute Gasteiger partial charge is 0.381 e. The number of benzene rings is 1. The summed E-state index contributed by atoms with van der Waals surface area (Å²) in [6.07, 6.45) is 0.791. The van der Waals surface area contributed by atoms with Crippen LogP contribution in [-0.2, 0) is 14.3 Å². The van der Waals surface area contributed by atoms with Crippen molar-refractivity contribution in [2.45, 2.75) is 25.3 Å². The number of urea groups is 1. The van der Waals surface area contributed by atoms with Crippen molar-refractivity contribution >= 4 is 23.5 Å². The molecule has 0 aromatic heterocycles. The van der Waals surface area contributed by atoms with E-state index in [2.05, 4.69) is 10.6 Å². The number of rotatable bonds is 3. The van der Waals surface area contributed by atoms with Crippen LogP contribution in [0.5, 0.6) is 0 Å². The predicted molar refractivity (Wildman–Crippen MR) is 82.8 cm³/mol. The van der Waals surface area contributed by atoms with Gasteiger partial charge in [0.2, 0.25) is 5.91 Å². The minimum atomic E-state index is -0.957. The molecule has 8 heteroatoms. The third-order valence-electron chi connectivity index (χ3n) is 4.36. The SMILES string of the molecule is Cc1cc(F)ccc1NC(=O)CN1C(=O)NC2(CCOCC2)C1=O. The van der Waals surface area contributed by atoms with Crippen molar-refractivity contribution < 1.29 is 23.5 Å². The van der Waals surface area contributed by atoms with E-state index in [0.29, 0.717) is 37.3 Å². The molecule has 0 bridgehead atoms. The summed E-state index contributed by atoms with van der Waals surface area (Å²) in [5, 5.41) is 5.28. The summed E-state index contributed by atoms with van der Waals surface area (Å²) in [5.41, 5.74) is 0.0391. The highest BCUT2D eigenvalue weighted by Gasteiger charge is 2.52. The third-order valence-corrected chi connectivity index (χ3v) is 4.36. The molecule has 2 heterocycles. The van der Waals surface area contributed by atoms with Gasteiger partial charge in [0.25, 0.3) is 5.91 Å². The Morgan fingerprint density at radius 2 is 2.08 bits per heavy atom. The molecule has 0 aliphatic carbocycles. The van der Waals surface area contributed by atoms with E-state index in [1.807, 2.05) is 0 Å². The van der Waals surface area contributed by atoms with Crippen LogP contribution in [-0.4, -0.2) is 48.0 Å². The second-order valence-electron chi connectivity index (χ2n) is 6.02. The number of nitrogens with zero attached hydrogens (tertiary/aromatic N) is 1. The van der Waals surface area contributed by atoms with Crippen molar-refractivity contribution in [2.24, 2.45) is 0 Å². The van der Waals surface area contributed by atoms with Gasteiger partial charge in [-0.25, -0.2) is 9.18 Å². The molecule has 1 spiro atoms. The van der Waals surface area contributed by atoms with Gasteiger partial charge in [-0.1, -0.05) is 0 Å². The zero-order chi connectivity index (χ0) is 17.3. The quantitative estimate of drug-likeness (QED) is 0.812. The summed E-state index contributed by atoms with van der Waals surface area (Å²) < 4.78 is 18.3. The molecule has 2 aliphatic rings. The fourth-order valence-electron chi connectivity index (χ4n) is 2.98. The van der Waals surface area contributed by atoms with Crippen molar-refractivity contribution in [1.29, 1.82) is 0 Å². The molecular formula is C16H18FN3O4. The average Bonchev–Trinajstić information content (AvgIpc) is 2.75. The first-order chi connectivity index (χ1) is 11.4. The minimum Gasteiger partial charge on any atom is -0.381 e. The summed E-state index contributed by atoms with van der Waals surface area (Å²) >= 11 is 0. The maximum atomic E-state index is 13.1. The van der Waals surface area contributed by atoms with Crippen LogP contribution < -0.4 is 10.6 Å². The summed E-state index contributed by atoms with van der Waals surface area (Å²) in [5.74, 6) is -1.32. The van der Waals surface area contributed by atoms with Gasteiger partial charge in [0, 0.05) is 31.7 Å². The number of imide groups is 1. The molecule has 128 valence electrons. The first-order valence-electron chi connectivity index (χ1n) is 7.69. The Balaban J connectivity index is 1.68. The number of halogens is 1. The Labute approximate surface area is 138 Å². The highest BCUT2D eigenvalue weighted by atomic mass is 19.1. The molecule has 0 saturated carbocycles. The lowest BCUT2D eigenvalue weighted by atomic mass is 9.90. The van der Waals surface area contributed by atoms with E-state index >= 15 is 0 Å². The number of hydrogen-bond donors (Lipinski definition) is 2. The third kappa shape index (κ3) is 2.96. The van der Waals surface area contributed by atoms with Gasteiger partial charge in [0.1, 0.15) is 17.9 Å². The Morgan fingerprint density at radius 1 is 1.38 bits per heavy atom. The van der Waals surface area contributed by atoms with Crippen LogP contribution in [0.1, 0.15) is 18.4 Å². The van der Waals surface area contributed by atoms with E-state index in [0.717, 1.165) is 4.90 Å². The fraction of sp³-hybridized carbons (Fsp3) is 0.438. The summed E-state index contributed by atoms with van der Waals surface area (Å²) in [7, 11) is 0. The highest BCUT2D eigenvalue weighted by molar-refractivity contribution is 6.10. The number of aryl methyl sites for hydroxylation is 1. The summed E-state index contributed by atoms with van der Waals surface area (Å²) in [4.78, 5) is 37.7. The average molecular weight is 335 g/mol. The molecule has 1 aromatic carbocycles. The Hall–Kier alpha value is -2.48. The lowest BCUT2D eigenvalue weighted by Crippen LogP contribution is -2.51.